The van der Waals surface area contributed by atoms with Gasteiger partial charge in [-0.2, -0.15) is 0 Å². The molecule has 0 aliphatic rings. The summed E-state index contributed by atoms with van der Waals surface area (Å²) in [6.45, 7) is 3.93. The number of aromatic hydroxyl groups is 1. The molecule has 0 atom stereocenters. The van der Waals surface area contributed by atoms with Crippen molar-refractivity contribution in [2.24, 2.45) is 4.99 Å². The van der Waals surface area contributed by atoms with Gasteiger partial charge >= 0.3 is 0 Å². The third-order valence-corrected chi connectivity index (χ3v) is 2.79. The number of hydrogen-bond donors (Lipinski definition) is 1. The summed E-state index contributed by atoms with van der Waals surface area (Å²) in [6.07, 6.45) is 1.77. The van der Waals surface area contributed by atoms with Crippen LogP contribution in [0.2, 0.25) is 0 Å². The minimum absolute atomic E-state index is 0.0436. The third kappa shape index (κ3) is 3.99. The lowest BCUT2D eigenvalue weighted by atomic mass is 10.2. The highest BCUT2D eigenvalue weighted by molar-refractivity contribution is 5.86. The summed E-state index contributed by atoms with van der Waals surface area (Å²) in [5, 5.41) is 9.27. The molecule has 0 unspecified atom stereocenters. The molecule has 2 aromatic rings. The molecule has 21 heavy (non-hydrogen) atoms. The number of aliphatic imine (C=N–C) groups is 1. The Kier molecular flexibility index (Phi) is 4.82. The second-order valence-corrected chi connectivity index (χ2v) is 4.82. The van der Waals surface area contributed by atoms with E-state index in [-0.39, 0.29) is 11.9 Å². The van der Waals surface area contributed by atoms with Crippen LogP contribution in [0.4, 0.5) is 5.69 Å². The van der Waals surface area contributed by atoms with Gasteiger partial charge in [0.05, 0.1) is 18.9 Å². The quantitative estimate of drug-likeness (QED) is 0.847. The molecule has 0 spiro atoms. The van der Waals surface area contributed by atoms with Gasteiger partial charge in [-0.15, -0.1) is 0 Å². The Morgan fingerprint density at radius 2 is 1.81 bits per heavy atom. The Bertz CT molecular complexity index is 618. The average Bonchev–Trinajstić information content (AvgIpc) is 2.47. The number of rotatable bonds is 5. The van der Waals surface area contributed by atoms with Gasteiger partial charge in [0.15, 0.2) is 11.5 Å². The van der Waals surface area contributed by atoms with Crippen molar-refractivity contribution < 1.29 is 14.6 Å². The summed E-state index contributed by atoms with van der Waals surface area (Å²) in [5.41, 5.74) is 1.60. The Balaban J connectivity index is 2.32. The highest BCUT2D eigenvalue weighted by Crippen LogP contribution is 2.31. The average molecular weight is 285 g/mol. The number of hydrogen-bond acceptors (Lipinski definition) is 4. The Morgan fingerprint density at radius 1 is 1.10 bits per heavy atom. The largest absolute Gasteiger partial charge is 0.508 e. The maximum absolute atomic E-state index is 9.27. The predicted molar refractivity (Wildman–Crippen MR) is 84.1 cm³/mol. The van der Waals surface area contributed by atoms with Crippen molar-refractivity contribution in [1.82, 2.24) is 0 Å². The van der Waals surface area contributed by atoms with Crippen LogP contribution in [0.1, 0.15) is 19.4 Å². The molecule has 0 saturated carbocycles. The van der Waals surface area contributed by atoms with E-state index in [4.69, 9.17) is 9.47 Å². The molecule has 0 radical (unpaired) electrons. The summed E-state index contributed by atoms with van der Waals surface area (Å²) in [4.78, 5) is 4.39. The number of phenols is 1. The second-order valence-electron chi connectivity index (χ2n) is 4.82. The molecule has 0 aliphatic heterocycles. The summed E-state index contributed by atoms with van der Waals surface area (Å²) in [6, 6.07) is 12.4. The van der Waals surface area contributed by atoms with Gasteiger partial charge in [-0.25, -0.2) is 0 Å². The first kappa shape index (κ1) is 14.9. The standard InChI is InChI=1S/C17H19NO3/c1-12(2)21-17-13(5-4-6-16(17)20-3)11-18-14-7-9-15(19)10-8-14/h4-12,19H,1-3H3. The van der Waals surface area contributed by atoms with E-state index in [1.54, 1.807) is 37.6 Å². The fraction of sp³-hybridized carbons (Fsp3) is 0.235. The molecule has 0 aromatic heterocycles. The zero-order valence-electron chi connectivity index (χ0n) is 12.4. The van der Waals surface area contributed by atoms with Crippen molar-refractivity contribution in [1.29, 1.82) is 0 Å². The third-order valence-electron chi connectivity index (χ3n) is 2.79. The van der Waals surface area contributed by atoms with Gasteiger partial charge < -0.3 is 14.6 Å². The maximum atomic E-state index is 9.27. The summed E-state index contributed by atoms with van der Waals surface area (Å²) in [7, 11) is 1.61. The van der Waals surface area contributed by atoms with Crippen LogP contribution in [0.3, 0.4) is 0 Å². The molecule has 4 heteroatoms. The number of phenolic OH excluding ortho intramolecular Hbond substituents is 1. The van der Waals surface area contributed by atoms with Crippen LogP contribution in [-0.2, 0) is 0 Å². The molecule has 0 amide bonds. The van der Waals surface area contributed by atoms with E-state index < -0.39 is 0 Å². The lowest BCUT2D eigenvalue weighted by Crippen LogP contribution is -2.08. The zero-order chi connectivity index (χ0) is 15.2. The van der Waals surface area contributed by atoms with Crippen molar-refractivity contribution in [2.75, 3.05) is 7.11 Å². The van der Waals surface area contributed by atoms with E-state index >= 15 is 0 Å². The van der Waals surface area contributed by atoms with Gasteiger partial charge in [0, 0.05) is 11.8 Å². The number of benzene rings is 2. The minimum Gasteiger partial charge on any atom is -0.508 e. The first-order chi connectivity index (χ1) is 10.1. The van der Waals surface area contributed by atoms with Gasteiger partial charge in [0.1, 0.15) is 5.75 Å². The number of ether oxygens (including phenoxy) is 2. The smallest absolute Gasteiger partial charge is 0.170 e. The molecule has 0 bridgehead atoms. The van der Waals surface area contributed by atoms with Crippen LogP contribution in [0, 0.1) is 0 Å². The SMILES string of the molecule is COc1cccc(C=Nc2ccc(O)cc2)c1OC(C)C. The second kappa shape index (κ2) is 6.79. The molecular formula is C17H19NO3. The lowest BCUT2D eigenvalue weighted by Gasteiger charge is -2.15. The van der Waals surface area contributed by atoms with E-state index in [2.05, 4.69) is 4.99 Å². The maximum Gasteiger partial charge on any atom is 0.170 e. The predicted octanol–water partition coefficient (Wildman–Crippen LogP) is 3.94. The van der Waals surface area contributed by atoms with Crippen LogP contribution < -0.4 is 9.47 Å². The van der Waals surface area contributed by atoms with E-state index in [9.17, 15) is 5.11 Å². The first-order valence-electron chi connectivity index (χ1n) is 6.77. The minimum atomic E-state index is 0.0436. The van der Waals surface area contributed by atoms with E-state index in [0.29, 0.717) is 11.5 Å². The first-order valence-corrected chi connectivity index (χ1v) is 6.77. The van der Waals surface area contributed by atoms with Crippen LogP contribution in [0.15, 0.2) is 47.5 Å². The van der Waals surface area contributed by atoms with Crippen molar-refractivity contribution in [3.63, 3.8) is 0 Å². The summed E-state index contributed by atoms with van der Waals surface area (Å²) < 4.78 is 11.2. The monoisotopic (exact) mass is 285 g/mol. The van der Waals surface area contributed by atoms with Crippen LogP contribution in [-0.4, -0.2) is 24.5 Å². The highest BCUT2D eigenvalue weighted by Gasteiger charge is 2.10. The van der Waals surface area contributed by atoms with Gasteiger partial charge in [-0.1, -0.05) is 6.07 Å². The number of para-hydroxylation sites is 1. The van der Waals surface area contributed by atoms with Crippen LogP contribution in [0.5, 0.6) is 17.2 Å². The van der Waals surface area contributed by atoms with Gasteiger partial charge in [0.2, 0.25) is 0 Å². The van der Waals surface area contributed by atoms with Crippen LogP contribution in [0.25, 0.3) is 0 Å². The van der Waals surface area contributed by atoms with E-state index in [1.807, 2.05) is 32.0 Å². The fourth-order valence-corrected chi connectivity index (χ4v) is 1.84. The number of nitrogens with zero attached hydrogens (tertiary/aromatic N) is 1. The van der Waals surface area contributed by atoms with E-state index in [0.717, 1.165) is 11.3 Å². The summed E-state index contributed by atoms with van der Waals surface area (Å²) in [5.74, 6) is 1.58. The summed E-state index contributed by atoms with van der Waals surface area (Å²) >= 11 is 0. The van der Waals surface area contributed by atoms with Crippen molar-refractivity contribution in [3.05, 3.63) is 48.0 Å². The molecule has 0 saturated heterocycles. The van der Waals surface area contributed by atoms with Crippen molar-refractivity contribution >= 4 is 11.9 Å². The molecule has 0 fully saturated rings. The zero-order valence-corrected chi connectivity index (χ0v) is 12.4. The fourth-order valence-electron chi connectivity index (χ4n) is 1.84. The van der Waals surface area contributed by atoms with Gasteiger partial charge in [-0.05, 0) is 50.2 Å². The Hall–Kier alpha value is -2.49. The normalized spacial score (nSPS) is 11.0. The molecule has 2 aromatic carbocycles. The molecule has 2 rings (SSSR count). The molecule has 0 aliphatic carbocycles. The molecule has 110 valence electrons. The van der Waals surface area contributed by atoms with E-state index in [1.165, 1.54) is 0 Å². The Morgan fingerprint density at radius 3 is 2.43 bits per heavy atom. The van der Waals surface area contributed by atoms with Crippen molar-refractivity contribution in [3.8, 4) is 17.2 Å². The topological polar surface area (TPSA) is 51.0 Å². The molecular weight excluding hydrogens is 266 g/mol. The molecule has 4 nitrogen and oxygen atoms in total. The Labute approximate surface area is 124 Å². The highest BCUT2D eigenvalue weighted by atomic mass is 16.5. The van der Waals surface area contributed by atoms with Gasteiger partial charge in [0.25, 0.3) is 0 Å². The molecule has 1 N–H and O–H groups in total. The van der Waals surface area contributed by atoms with Crippen LogP contribution >= 0.6 is 0 Å². The molecule has 0 heterocycles. The lowest BCUT2D eigenvalue weighted by molar-refractivity contribution is 0.230. The van der Waals surface area contributed by atoms with Gasteiger partial charge in [-0.3, -0.25) is 4.99 Å². The number of methoxy groups -OCH3 is 1. The van der Waals surface area contributed by atoms with Crippen molar-refractivity contribution in [2.45, 2.75) is 20.0 Å².